The van der Waals surface area contributed by atoms with Crippen molar-refractivity contribution >= 4 is 11.8 Å². The second-order valence-corrected chi connectivity index (χ2v) is 5.19. The number of benzene rings is 1. The van der Waals surface area contributed by atoms with Crippen molar-refractivity contribution in [3.05, 3.63) is 35.1 Å². The van der Waals surface area contributed by atoms with Crippen molar-refractivity contribution < 1.29 is 14.0 Å². The van der Waals surface area contributed by atoms with Gasteiger partial charge in [0.15, 0.2) is 0 Å². The van der Waals surface area contributed by atoms with E-state index in [1.54, 1.807) is 13.0 Å². The first-order valence-corrected chi connectivity index (χ1v) is 6.71. The van der Waals surface area contributed by atoms with Crippen molar-refractivity contribution in [3.63, 3.8) is 0 Å². The molecule has 1 aromatic carbocycles. The van der Waals surface area contributed by atoms with Crippen molar-refractivity contribution in [2.45, 2.75) is 27.2 Å². The summed E-state index contributed by atoms with van der Waals surface area (Å²) in [5, 5.41) is 5.30. The fourth-order valence-corrected chi connectivity index (χ4v) is 1.60. The van der Waals surface area contributed by atoms with Gasteiger partial charge in [0.05, 0.1) is 5.56 Å². The van der Waals surface area contributed by atoms with Crippen LogP contribution in [-0.2, 0) is 4.79 Å². The van der Waals surface area contributed by atoms with Crippen LogP contribution in [0.3, 0.4) is 0 Å². The number of halogens is 1. The number of carbonyl (C=O) groups is 2. The summed E-state index contributed by atoms with van der Waals surface area (Å²) in [6, 6.07) is 4.36. The van der Waals surface area contributed by atoms with E-state index in [0.29, 0.717) is 12.5 Å². The third-order valence-electron chi connectivity index (χ3n) is 2.71. The van der Waals surface area contributed by atoms with Crippen LogP contribution in [0.25, 0.3) is 0 Å². The fraction of sp³-hybridized carbons (Fsp3) is 0.467. The van der Waals surface area contributed by atoms with Gasteiger partial charge in [-0.15, -0.1) is 0 Å². The quantitative estimate of drug-likeness (QED) is 0.837. The minimum absolute atomic E-state index is 0.00703. The van der Waals surface area contributed by atoms with Gasteiger partial charge in [0, 0.05) is 19.5 Å². The molecule has 1 rings (SSSR count). The van der Waals surface area contributed by atoms with Gasteiger partial charge in [0.2, 0.25) is 5.91 Å². The number of rotatable bonds is 6. The Hall–Kier alpha value is -1.91. The number of aryl methyl sites for hydroxylation is 1. The van der Waals surface area contributed by atoms with Gasteiger partial charge in [-0.3, -0.25) is 9.59 Å². The Morgan fingerprint density at radius 2 is 1.95 bits per heavy atom. The smallest absolute Gasteiger partial charge is 0.254 e. The molecule has 4 nitrogen and oxygen atoms in total. The predicted molar refractivity (Wildman–Crippen MR) is 75.9 cm³/mol. The molecule has 2 N–H and O–H groups in total. The Kier molecular flexibility index (Phi) is 6.15. The molecule has 110 valence electrons. The average molecular weight is 280 g/mol. The SMILES string of the molecule is Cc1ccc(F)c(C(=O)NCCC(=O)NCC(C)C)c1. The zero-order chi connectivity index (χ0) is 15.1. The van der Waals surface area contributed by atoms with Crippen LogP contribution in [0.5, 0.6) is 0 Å². The van der Waals surface area contributed by atoms with Gasteiger partial charge in [-0.1, -0.05) is 25.5 Å². The first-order chi connectivity index (χ1) is 9.40. The highest BCUT2D eigenvalue weighted by Crippen LogP contribution is 2.09. The summed E-state index contributed by atoms with van der Waals surface area (Å²) >= 11 is 0. The monoisotopic (exact) mass is 280 g/mol. The largest absolute Gasteiger partial charge is 0.356 e. The first-order valence-electron chi connectivity index (χ1n) is 6.71. The molecule has 0 heterocycles. The molecule has 0 saturated heterocycles. The molecule has 0 aliphatic carbocycles. The zero-order valence-corrected chi connectivity index (χ0v) is 12.1. The molecule has 20 heavy (non-hydrogen) atoms. The second-order valence-electron chi connectivity index (χ2n) is 5.19. The maximum Gasteiger partial charge on any atom is 0.254 e. The van der Waals surface area contributed by atoms with Crippen LogP contribution in [0.2, 0.25) is 0 Å². The number of hydrogen-bond acceptors (Lipinski definition) is 2. The van der Waals surface area contributed by atoms with E-state index in [9.17, 15) is 14.0 Å². The van der Waals surface area contributed by atoms with Gasteiger partial charge < -0.3 is 10.6 Å². The van der Waals surface area contributed by atoms with Gasteiger partial charge in [-0.2, -0.15) is 0 Å². The van der Waals surface area contributed by atoms with Gasteiger partial charge in [-0.25, -0.2) is 4.39 Å². The minimum Gasteiger partial charge on any atom is -0.356 e. The summed E-state index contributed by atoms with van der Waals surface area (Å²) in [7, 11) is 0. The van der Waals surface area contributed by atoms with Crippen molar-refractivity contribution in [1.29, 1.82) is 0 Å². The summed E-state index contributed by atoms with van der Waals surface area (Å²) in [6.07, 6.45) is 0.186. The molecule has 0 aliphatic rings. The van der Waals surface area contributed by atoms with E-state index in [1.807, 2.05) is 13.8 Å². The number of carbonyl (C=O) groups excluding carboxylic acids is 2. The molecule has 0 bridgehead atoms. The van der Waals surface area contributed by atoms with Crippen LogP contribution in [0.1, 0.15) is 36.2 Å². The van der Waals surface area contributed by atoms with Crippen LogP contribution in [0.4, 0.5) is 4.39 Å². The van der Waals surface area contributed by atoms with Crippen molar-refractivity contribution in [3.8, 4) is 0 Å². The lowest BCUT2D eigenvalue weighted by atomic mass is 10.1. The molecule has 0 atom stereocenters. The molecular weight excluding hydrogens is 259 g/mol. The van der Waals surface area contributed by atoms with E-state index in [0.717, 1.165) is 5.56 Å². The molecule has 0 aliphatic heterocycles. The lowest BCUT2D eigenvalue weighted by Crippen LogP contribution is -2.32. The number of amides is 2. The third-order valence-corrected chi connectivity index (χ3v) is 2.71. The standard InChI is InChI=1S/C15H21FN2O2/c1-10(2)9-18-14(19)6-7-17-15(20)12-8-11(3)4-5-13(12)16/h4-5,8,10H,6-7,9H2,1-3H3,(H,17,20)(H,18,19). The summed E-state index contributed by atoms with van der Waals surface area (Å²) in [5.41, 5.74) is 0.818. The first kappa shape index (κ1) is 16.1. The zero-order valence-electron chi connectivity index (χ0n) is 12.1. The lowest BCUT2D eigenvalue weighted by molar-refractivity contribution is -0.121. The Labute approximate surface area is 118 Å². The molecule has 0 fully saturated rings. The highest BCUT2D eigenvalue weighted by atomic mass is 19.1. The predicted octanol–water partition coefficient (Wildman–Crippen LogP) is 2.03. The Morgan fingerprint density at radius 1 is 1.25 bits per heavy atom. The van der Waals surface area contributed by atoms with Crippen LogP contribution >= 0.6 is 0 Å². The van der Waals surface area contributed by atoms with E-state index in [-0.39, 0.29) is 24.4 Å². The third kappa shape index (κ3) is 5.38. The van der Waals surface area contributed by atoms with Gasteiger partial charge in [0.25, 0.3) is 5.91 Å². The minimum atomic E-state index is -0.558. The molecular formula is C15H21FN2O2. The summed E-state index contributed by atoms with van der Waals surface area (Å²) in [4.78, 5) is 23.2. The summed E-state index contributed by atoms with van der Waals surface area (Å²) < 4.78 is 13.5. The topological polar surface area (TPSA) is 58.2 Å². The Morgan fingerprint density at radius 3 is 2.60 bits per heavy atom. The molecule has 0 saturated carbocycles. The number of nitrogens with one attached hydrogen (secondary N) is 2. The Bertz CT molecular complexity index is 487. The van der Waals surface area contributed by atoms with Crippen LogP contribution < -0.4 is 10.6 Å². The summed E-state index contributed by atoms with van der Waals surface area (Å²) in [5.74, 6) is -0.793. The average Bonchev–Trinajstić information content (AvgIpc) is 2.39. The van der Waals surface area contributed by atoms with Crippen molar-refractivity contribution in [2.24, 2.45) is 5.92 Å². The van der Waals surface area contributed by atoms with Crippen LogP contribution in [0.15, 0.2) is 18.2 Å². The highest BCUT2D eigenvalue weighted by Gasteiger charge is 2.11. The van der Waals surface area contributed by atoms with E-state index < -0.39 is 11.7 Å². The maximum absolute atomic E-state index is 13.5. The highest BCUT2D eigenvalue weighted by molar-refractivity contribution is 5.94. The maximum atomic E-state index is 13.5. The number of hydrogen-bond donors (Lipinski definition) is 2. The van der Waals surface area contributed by atoms with Crippen LogP contribution in [-0.4, -0.2) is 24.9 Å². The molecule has 0 unspecified atom stereocenters. The molecule has 0 spiro atoms. The fourth-order valence-electron chi connectivity index (χ4n) is 1.60. The van der Waals surface area contributed by atoms with Crippen molar-refractivity contribution in [1.82, 2.24) is 10.6 Å². The second kappa shape index (κ2) is 7.62. The van der Waals surface area contributed by atoms with E-state index >= 15 is 0 Å². The van der Waals surface area contributed by atoms with Gasteiger partial charge in [0.1, 0.15) is 5.82 Å². The summed E-state index contributed by atoms with van der Waals surface area (Å²) in [6.45, 7) is 6.59. The van der Waals surface area contributed by atoms with Gasteiger partial charge >= 0.3 is 0 Å². The lowest BCUT2D eigenvalue weighted by Gasteiger charge is -2.09. The Balaban J connectivity index is 2.40. The molecule has 0 radical (unpaired) electrons. The normalized spacial score (nSPS) is 10.4. The molecule has 1 aromatic rings. The molecule has 5 heteroatoms. The van der Waals surface area contributed by atoms with E-state index in [2.05, 4.69) is 10.6 Å². The molecule has 2 amide bonds. The van der Waals surface area contributed by atoms with Crippen LogP contribution in [0, 0.1) is 18.7 Å². The van der Waals surface area contributed by atoms with Gasteiger partial charge in [-0.05, 0) is 25.0 Å². The van der Waals surface area contributed by atoms with E-state index in [4.69, 9.17) is 0 Å². The van der Waals surface area contributed by atoms with E-state index in [1.165, 1.54) is 12.1 Å². The van der Waals surface area contributed by atoms with Crippen molar-refractivity contribution in [2.75, 3.05) is 13.1 Å². The molecule has 0 aromatic heterocycles.